The van der Waals surface area contributed by atoms with Crippen LogP contribution in [-0.2, 0) is 13.2 Å². The van der Waals surface area contributed by atoms with Crippen LogP contribution in [0.4, 0.5) is 0 Å². The number of hydrogen-bond acceptors (Lipinski definition) is 4. The van der Waals surface area contributed by atoms with Gasteiger partial charge in [-0.25, -0.2) is 4.98 Å². The molecule has 1 heterocycles. The molecule has 0 aliphatic carbocycles. The average molecular weight is 326 g/mol. The minimum absolute atomic E-state index is 0.0601. The molecule has 0 atom stereocenters. The molecule has 24 heavy (non-hydrogen) atoms. The monoisotopic (exact) mass is 326 g/mol. The lowest BCUT2D eigenvalue weighted by atomic mass is 10.1. The lowest BCUT2D eigenvalue weighted by Crippen LogP contribution is -2.09. The highest BCUT2D eigenvalue weighted by atomic mass is 16.5. The van der Waals surface area contributed by atoms with E-state index in [1.165, 1.54) is 11.1 Å². The number of aliphatic hydroxyl groups excluding tert-OH is 1. The second-order valence-corrected chi connectivity index (χ2v) is 5.80. The van der Waals surface area contributed by atoms with Gasteiger partial charge in [-0.15, -0.1) is 0 Å². The molecule has 3 rings (SSSR count). The maximum atomic E-state index is 9.39. The van der Waals surface area contributed by atoms with Crippen LogP contribution < -0.4 is 9.47 Å². The molecule has 3 aromatic rings. The van der Waals surface area contributed by atoms with Gasteiger partial charge in [-0.05, 0) is 49.2 Å². The number of fused-ring (bicyclic) bond motifs is 1. The van der Waals surface area contributed by atoms with E-state index in [1.54, 1.807) is 7.11 Å². The highest BCUT2D eigenvalue weighted by Crippen LogP contribution is 2.23. The molecule has 0 amide bonds. The van der Waals surface area contributed by atoms with E-state index in [-0.39, 0.29) is 6.61 Å². The molecule has 1 aromatic heterocycles. The quantitative estimate of drug-likeness (QED) is 0.755. The summed E-state index contributed by atoms with van der Waals surface area (Å²) in [6.45, 7) is 5.05. The number of methoxy groups -OCH3 is 1. The Morgan fingerprint density at radius 3 is 2.58 bits per heavy atom. The molecule has 126 valence electrons. The highest BCUT2D eigenvalue weighted by molar-refractivity contribution is 5.78. The molecule has 0 unspecified atom stereocenters. The van der Waals surface area contributed by atoms with Gasteiger partial charge >= 0.3 is 0 Å². The summed E-state index contributed by atoms with van der Waals surface area (Å²) in [4.78, 5) is 4.69. The number of rotatable bonds is 6. The first kappa shape index (κ1) is 16.3. The van der Waals surface area contributed by atoms with Gasteiger partial charge in [0.25, 0.3) is 0 Å². The molecule has 0 fully saturated rings. The second kappa shape index (κ2) is 6.93. The van der Waals surface area contributed by atoms with Crippen molar-refractivity contribution in [1.82, 2.24) is 9.55 Å². The predicted octanol–water partition coefficient (Wildman–Crippen LogP) is 3.23. The topological polar surface area (TPSA) is 56.5 Å². The van der Waals surface area contributed by atoms with Gasteiger partial charge in [-0.1, -0.05) is 6.07 Å². The van der Waals surface area contributed by atoms with E-state index in [1.807, 2.05) is 28.8 Å². The van der Waals surface area contributed by atoms with Crippen molar-refractivity contribution >= 4 is 11.0 Å². The summed E-state index contributed by atoms with van der Waals surface area (Å²) in [5.41, 5.74) is 4.37. The number of aryl methyl sites for hydroxylation is 2. The van der Waals surface area contributed by atoms with E-state index in [0.29, 0.717) is 13.2 Å². The number of aliphatic hydroxyl groups is 1. The smallest absolute Gasteiger partial charge is 0.148 e. The van der Waals surface area contributed by atoms with Crippen molar-refractivity contribution in [2.24, 2.45) is 0 Å². The van der Waals surface area contributed by atoms with Crippen molar-refractivity contribution in [1.29, 1.82) is 0 Å². The fraction of sp³-hybridized carbons (Fsp3) is 0.316. The molecule has 2 aromatic carbocycles. The van der Waals surface area contributed by atoms with Gasteiger partial charge in [-0.2, -0.15) is 0 Å². The maximum Gasteiger partial charge on any atom is 0.148 e. The number of benzene rings is 2. The molecule has 5 heteroatoms. The maximum absolute atomic E-state index is 9.39. The van der Waals surface area contributed by atoms with Gasteiger partial charge in [-0.3, -0.25) is 0 Å². The Balaban J connectivity index is 1.91. The van der Waals surface area contributed by atoms with E-state index in [0.717, 1.165) is 28.4 Å². The summed E-state index contributed by atoms with van der Waals surface area (Å²) in [7, 11) is 1.63. The molecule has 1 N–H and O–H groups in total. The van der Waals surface area contributed by atoms with Gasteiger partial charge in [0.1, 0.15) is 23.9 Å². The number of imidazole rings is 1. The summed E-state index contributed by atoms with van der Waals surface area (Å²) in [6, 6.07) is 11.7. The summed E-state index contributed by atoms with van der Waals surface area (Å²) in [5.74, 6) is 2.28. The second-order valence-electron chi connectivity index (χ2n) is 5.80. The van der Waals surface area contributed by atoms with E-state index >= 15 is 0 Å². The van der Waals surface area contributed by atoms with Crippen LogP contribution in [-0.4, -0.2) is 28.4 Å². The zero-order valence-corrected chi connectivity index (χ0v) is 14.2. The first-order valence-electron chi connectivity index (χ1n) is 7.96. The Labute approximate surface area is 141 Å². The lowest BCUT2D eigenvalue weighted by molar-refractivity contribution is 0.260. The standard InChI is InChI=1S/C19H22N2O3/c1-13-9-17-18(10-14(13)2)21(7-8-22)19(20-17)12-24-16-6-4-5-15(11-16)23-3/h4-6,9-11,22H,7-8,12H2,1-3H3. The van der Waals surface area contributed by atoms with Crippen LogP contribution in [0.5, 0.6) is 11.5 Å². The van der Waals surface area contributed by atoms with Crippen LogP contribution in [0, 0.1) is 13.8 Å². The Kier molecular flexibility index (Phi) is 4.71. The molecule has 0 aliphatic rings. The van der Waals surface area contributed by atoms with E-state index in [2.05, 4.69) is 31.0 Å². The molecular weight excluding hydrogens is 304 g/mol. The van der Waals surface area contributed by atoms with Gasteiger partial charge in [0.15, 0.2) is 0 Å². The molecule has 0 bridgehead atoms. The van der Waals surface area contributed by atoms with E-state index in [9.17, 15) is 5.11 Å². The van der Waals surface area contributed by atoms with Crippen molar-refractivity contribution in [2.75, 3.05) is 13.7 Å². The number of ether oxygens (including phenoxy) is 2. The fourth-order valence-corrected chi connectivity index (χ4v) is 2.73. The lowest BCUT2D eigenvalue weighted by Gasteiger charge is -2.10. The zero-order chi connectivity index (χ0) is 17.1. The Bertz CT molecular complexity index is 855. The van der Waals surface area contributed by atoms with E-state index < -0.39 is 0 Å². The molecule has 0 radical (unpaired) electrons. The normalized spacial score (nSPS) is 11.0. The molecular formula is C19H22N2O3. The Hall–Kier alpha value is -2.53. The number of hydrogen-bond donors (Lipinski definition) is 1. The minimum atomic E-state index is 0.0601. The predicted molar refractivity (Wildman–Crippen MR) is 93.6 cm³/mol. The van der Waals surface area contributed by atoms with Gasteiger partial charge in [0.2, 0.25) is 0 Å². The first-order valence-corrected chi connectivity index (χ1v) is 7.96. The van der Waals surface area contributed by atoms with Gasteiger partial charge in [0, 0.05) is 12.6 Å². The van der Waals surface area contributed by atoms with Gasteiger partial charge < -0.3 is 19.1 Å². The molecule has 0 spiro atoms. The number of aromatic nitrogens is 2. The Morgan fingerprint density at radius 2 is 1.83 bits per heavy atom. The summed E-state index contributed by atoms with van der Waals surface area (Å²) >= 11 is 0. The van der Waals surface area contributed by atoms with Crippen molar-refractivity contribution in [3.05, 3.63) is 53.3 Å². The molecule has 0 saturated carbocycles. The third kappa shape index (κ3) is 3.21. The fourth-order valence-electron chi connectivity index (χ4n) is 2.73. The van der Waals surface area contributed by atoms with Crippen LogP contribution in [0.25, 0.3) is 11.0 Å². The van der Waals surface area contributed by atoms with Crippen molar-refractivity contribution in [3.8, 4) is 11.5 Å². The van der Waals surface area contributed by atoms with Crippen LogP contribution in [0.15, 0.2) is 36.4 Å². The van der Waals surface area contributed by atoms with Crippen molar-refractivity contribution in [2.45, 2.75) is 27.0 Å². The molecule has 0 saturated heterocycles. The van der Waals surface area contributed by atoms with Crippen LogP contribution in [0.1, 0.15) is 17.0 Å². The Morgan fingerprint density at radius 1 is 1.08 bits per heavy atom. The summed E-state index contributed by atoms with van der Waals surface area (Å²) < 4.78 is 13.1. The SMILES string of the molecule is COc1cccc(OCc2nc3cc(C)c(C)cc3n2CCO)c1. The molecule has 0 aliphatic heterocycles. The summed E-state index contributed by atoms with van der Waals surface area (Å²) in [5, 5.41) is 9.39. The van der Waals surface area contributed by atoms with Crippen LogP contribution in [0.3, 0.4) is 0 Å². The zero-order valence-electron chi connectivity index (χ0n) is 14.2. The largest absolute Gasteiger partial charge is 0.497 e. The first-order chi connectivity index (χ1) is 11.6. The third-order valence-corrected chi connectivity index (χ3v) is 4.18. The van der Waals surface area contributed by atoms with E-state index in [4.69, 9.17) is 9.47 Å². The van der Waals surface area contributed by atoms with Crippen LogP contribution >= 0.6 is 0 Å². The van der Waals surface area contributed by atoms with Crippen LogP contribution in [0.2, 0.25) is 0 Å². The summed E-state index contributed by atoms with van der Waals surface area (Å²) in [6.07, 6.45) is 0. The molecule has 5 nitrogen and oxygen atoms in total. The average Bonchev–Trinajstić information content (AvgIpc) is 2.91. The van der Waals surface area contributed by atoms with Crippen molar-refractivity contribution < 1.29 is 14.6 Å². The number of nitrogens with zero attached hydrogens (tertiary/aromatic N) is 2. The highest BCUT2D eigenvalue weighted by Gasteiger charge is 2.12. The van der Waals surface area contributed by atoms with Crippen molar-refractivity contribution in [3.63, 3.8) is 0 Å². The van der Waals surface area contributed by atoms with Gasteiger partial charge in [0.05, 0.1) is 24.8 Å². The minimum Gasteiger partial charge on any atom is -0.497 e. The third-order valence-electron chi connectivity index (χ3n) is 4.18.